The zero-order valence-corrected chi connectivity index (χ0v) is 15.0. The normalized spacial score (nSPS) is 15.3. The van der Waals surface area contributed by atoms with Gasteiger partial charge in [-0.3, -0.25) is 0 Å². The van der Waals surface area contributed by atoms with Crippen molar-refractivity contribution in [3.05, 3.63) is 101 Å². The molecule has 2 heteroatoms. The standard InChI is InChI=1S/C23H15BrO/c24-17-12-9-16(10-13-17)23-20-14-11-15-5-1-2-6-18(15)22(20)19-7-3-4-8-21(19)25-23/h1-14,23H/t23-/m0/s1. The van der Waals surface area contributed by atoms with Gasteiger partial charge >= 0.3 is 0 Å². The van der Waals surface area contributed by atoms with Crippen molar-refractivity contribution in [2.45, 2.75) is 6.10 Å². The topological polar surface area (TPSA) is 9.23 Å². The first-order valence-electron chi connectivity index (χ1n) is 8.34. The molecule has 0 saturated carbocycles. The van der Waals surface area contributed by atoms with Crippen molar-refractivity contribution < 1.29 is 4.74 Å². The smallest absolute Gasteiger partial charge is 0.149 e. The molecule has 1 aliphatic heterocycles. The highest BCUT2D eigenvalue weighted by molar-refractivity contribution is 9.10. The fourth-order valence-corrected chi connectivity index (χ4v) is 3.92. The van der Waals surface area contributed by atoms with Crippen molar-refractivity contribution in [3.8, 4) is 16.9 Å². The van der Waals surface area contributed by atoms with E-state index in [0.29, 0.717) is 0 Å². The zero-order chi connectivity index (χ0) is 16.8. The molecule has 1 nitrogen and oxygen atoms in total. The minimum atomic E-state index is -0.0948. The molecule has 0 bridgehead atoms. The SMILES string of the molecule is Brc1ccc([C@@H]2Oc3ccccc3-c3c2ccc2ccccc32)cc1. The fraction of sp³-hybridized carbons (Fsp3) is 0.0435. The predicted octanol–water partition coefficient (Wildman–Crippen LogP) is 6.75. The molecule has 0 spiro atoms. The number of hydrogen-bond donors (Lipinski definition) is 0. The van der Waals surface area contributed by atoms with Gasteiger partial charge in [0.2, 0.25) is 0 Å². The summed E-state index contributed by atoms with van der Waals surface area (Å²) < 4.78 is 7.49. The largest absolute Gasteiger partial charge is 0.480 e. The van der Waals surface area contributed by atoms with Crippen molar-refractivity contribution in [1.29, 1.82) is 0 Å². The summed E-state index contributed by atoms with van der Waals surface area (Å²) in [6.45, 7) is 0. The number of hydrogen-bond acceptors (Lipinski definition) is 1. The lowest BCUT2D eigenvalue weighted by Crippen LogP contribution is -2.15. The van der Waals surface area contributed by atoms with Gasteiger partial charge in [0, 0.05) is 21.2 Å². The average Bonchev–Trinajstić information content (AvgIpc) is 2.67. The third-order valence-corrected chi connectivity index (χ3v) is 5.35. The minimum absolute atomic E-state index is 0.0948. The van der Waals surface area contributed by atoms with E-state index in [1.54, 1.807) is 0 Å². The van der Waals surface area contributed by atoms with Gasteiger partial charge in [-0.25, -0.2) is 0 Å². The summed E-state index contributed by atoms with van der Waals surface area (Å²) in [4.78, 5) is 0. The Labute approximate surface area is 155 Å². The van der Waals surface area contributed by atoms with E-state index in [1.807, 2.05) is 6.07 Å². The molecule has 1 heterocycles. The van der Waals surface area contributed by atoms with Crippen LogP contribution < -0.4 is 4.74 Å². The van der Waals surface area contributed by atoms with E-state index in [4.69, 9.17) is 4.74 Å². The quantitative estimate of drug-likeness (QED) is 0.351. The van der Waals surface area contributed by atoms with Crippen LogP contribution in [0.2, 0.25) is 0 Å². The summed E-state index contributed by atoms with van der Waals surface area (Å²) >= 11 is 3.52. The number of rotatable bonds is 1. The molecule has 0 unspecified atom stereocenters. The maximum absolute atomic E-state index is 6.42. The molecule has 0 fully saturated rings. The van der Waals surface area contributed by atoms with Gasteiger partial charge < -0.3 is 4.74 Å². The number of fused-ring (bicyclic) bond motifs is 5. The maximum atomic E-state index is 6.42. The van der Waals surface area contributed by atoms with E-state index < -0.39 is 0 Å². The van der Waals surface area contributed by atoms with Crippen molar-refractivity contribution in [2.24, 2.45) is 0 Å². The van der Waals surface area contributed by atoms with Crippen LogP contribution in [-0.4, -0.2) is 0 Å². The Morgan fingerprint density at radius 1 is 0.720 bits per heavy atom. The second-order valence-electron chi connectivity index (χ2n) is 6.30. The summed E-state index contributed by atoms with van der Waals surface area (Å²) in [5.41, 5.74) is 4.84. The Morgan fingerprint density at radius 3 is 2.36 bits per heavy atom. The first-order valence-corrected chi connectivity index (χ1v) is 9.14. The number of para-hydroxylation sites is 1. The molecule has 0 N–H and O–H groups in total. The Balaban J connectivity index is 1.82. The molecular formula is C23H15BrO. The molecular weight excluding hydrogens is 372 g/mol. The molecule has 0 saturated heterocycles. The van der Waals surface area contributed by atoms with Gasteiger partial charge in [-0.05, 0) is 34.5 Å². The fourth-order valence-electron chi connectivity index (χ4n) is 3.66. The van der Waals surface area contributed by atoms with Crippen LogP contribution in [0.5, 0.6) is 5.75 Å². The average molecular weight is 387 g/mol. The second kappa shape index (κ2) is 5.75. The molecule has 0 amide bonds. The van der Waals surface area contributed by atoms with Crippen LogP contribution in [-0.2, 0) is 0 Å². The van der Waals surface area contributed by atoms with E-state index in [-0.39, 0.29) is 6.10 Å². The van der Waals surface area contributed by atoms with E-state index in [0.717, 1.165) is 15.8 Å². The lowest BCUT2D eigenvalue weighted by atomic mass is 9.86. The van der Waals surface area contributed by atoms with Crippen molar-refractivity contribution in [1.82, 2.24) is 0 Å². The highest BCUT2D eigenvalue weighted by Crippen LogP contribution is 2.47. The van der Waals surface area contributed by atoms with Crippen LogP contribution in [0.15, 0.2) is 89.4 Å². The van der Waals surface area contributed by atoms with Gasteiger partial charge in [0.15, 0.2) is 0 Å². The van der Waals surface area contributed by atoms with E-state index >= 15 is 0 Å². The number of halogens is 1. The molecule has 120 valence electrons. The van der Waals surface area contributed by atoms with Crippen LogP contribution in [0.3, 0.4) is 0 Å². The Hall–Kier alpha value is -2.58. The number of benzene rings is 4. The van der Waals surface area contributed by atoms with Crippen molar-refractivity contribution in [3.63, 3.8) is 0 Å². The van der Waals surface area contributed by atoms with Crippen LogP contribution in [0.1, 0.15) is 17.2 Å². The van der Waals surface area contributed by atoms with Gasteiger partial charge in [0.1, 0.15) is 11.9 Å². The molecule has 4 aromatic carbocycles. The molecule has 25 heavy (non-hydrogen) atoms. The molecule has 5 rings (SSSR count). The van der Waals surface area contributed by atoms with Gasteiger partial charge in [-0.2, -0.15) is 0 Å². The molecule has 1 aliphatic rings. The molecule has 0 radical (unpaired) electrons. The van der Waals surface area contributed by atoms with E-state index in [1.165, 1.54) is 27.5 Å². The van der Waals surface area contributed by atoms with Crippen LogP contribution in [0, 0.1) is 0 Å². The highest BCUT2D eigenvalue weighted by Gasteiger charge is 2.28. The summed E-state index contributed by atoms with van der Waals surface area (Å²) in [6.07, 6.45) is -0.0948. The lowest BCUT2D eigenvalue weighted by molar-refractivity contribution is 0.244. The van der Waals surface area contributed by atoms with Crippen LogP contribution in [0.4, 0.5) is 0 Å². The van der Waals surface area contributed by atoms with Crippen molar-refractivity contribution >= 4 is 26.7 Å². The third kappa shape index (κ3) is 2.37. The molecule has 4 aromatic rings. The summed E-state index contributed by atoms with van der Waals surface area (Å²) in [7, 11) is 0. The number of ether oxygens (including phenoxy) is 1. The molecule has 0 aromatic heterocycles. The molecule has 1 atom stereocenters. The van der Waals surface area contributed by atoms with E-state index in [2.05, 4.69) is 94.8 Å². The second-order valence-corrected chi connectivity index (χ2v) is 7.21. The van der Waals surface area contributed by atoms with Gasteiger partial charge in [0.25, 0.3) is 0 Å². The lowest BCUT2D eigenvalue weighted by Gasteiger charge is -2.30. The Bertz CT molecular complexity index is 1080. The summed E-state index contributed by atoms with van der Waals surface area (Å²) in [6, 6.07) is 29.7. The predicted molar refractivity (Wildman–Crippen MR) is 106 cm³/mol. The molecule has 0 aliphatic carbocycles. The zero-order valence-electron chi connectivity index (χ0n) is 13.4. The Kier molecular flexibility index (Phi) is 3.39. The van der Waals surface area contributed by atoms with E-state index in [9.17, 15) is 0 Å². The first-order chi connectivity index (χ1) is 12.3. The Morgan fingerprint density at radius 2 is 1.48 bits per heavy atom. The van der Waals surface area contributed by atoms with Crippen LogP contribution >= 0.6 is 15.9 Å². The van der Waals surface area contributed by atoms with Gasteiger partial charge in [-0.15, -0.1) is 0 Å². The highest BCUT2D eigenvalue weighted by atomic mass is 79.9. The van der Waals surface area contributed by atoms with Crippen LogP contribution in [0.25, 0.3) is 21.9 Å². The monoisotopic (exact) mass is 386 g/mol. The van der Waals surface area contributed by atoms with Gasteiger partial charge in [-0.1, -0.05) is 82.7 Å². The van der Waals surface area contributed by atoms with Gasteiger partial charge in [0.05, 0.1) is 0 Å². The third-order valence-electron chi connectivity index (χ3n) is 4.82. The summed E-state index contributed by atoms with van der Waals surface area (Å²) in [5.74, 6) is 0.944. The van der Waals surface area contributed by atoms with Crippen molar-refractivity contribution in [2.75, 3.05) is 0 Å². The first kappa shape index (κ1) is 14.7. The summed E-state index contributed by atoms with van der Waals surface area (Å²) in [5, 5.41) is 2.53. The maximum Gasteiger partial charge on any atom is 0.149 e. The minimum Gasteiger partial charge on any atom is -0.480 e.